The van der Waals surface area contributed by atoms with Gasteiger partial charge in [0.05, 0.1) is 12.2 Å². The van der Waals surface area contributed by atoms with E-state index in [1.54, 1.807) is 31.3 Å². The second-order valence-electron chi connectivity index (χ2n) is 4.28. The van der Waals surface area contributed by atoms with Crippen molar-refractivity contribution in [3.63, 3.8) is 0 Å². The first-order valence-electron chi connectivity index (χ1n) is 6.61. The average molecular weight is 295 g/mol. The van der Waals surface area contributed by atoms with Crippen LogP contribution in [0.25, 0.3) is 0 Å². The lowest BCUT2D eigenvalue weighted by Gasteiger charge is -2.18. The van der Waals surface area contributed by atoms with E-state index in [4.69, 9.17) is 20.4 Å². The van der Waals surface area contributed by atoms with Crippen LogP contribution in [0.3, 0.4) is 0 Å². The molecule has 1 amide bonds. The molecular formula is C14H21N3O4. The number of para-hydroxylation sites is 1. The minimum absolute atomic E-state index is 0.0669. The van der Waals surface area contributed by atoms with Crippen LogP contribution in [0.15, 0.2) is 29.4 Å². The van der Waals surface area contributed by atoms with Gasteiger partial charge in [-0.3, -0.25) is 4.79 Å². The summed E-state index contributed by atoms with van der Waals surface area (Å²) in [5.74, 6) is 0.145. The number of hydrogen-bond acceptors (Lipinski definition) is 5. The van der Waals surface area contributed by atoms with Crippen molar-refractivity contribution in [1.29, 1.82) is 0 Å². The summed E-state index contributed by atoms with van der Waals surface area (Å²) in [6.45, 7) is 3.37. The number of nitrogens with zero attached hydrogens (tertiary/aromatic N) is 2. The Morgan fingerprint density at radius 1 is 1.43 bits per heavy atom. The lowest BCUT2D eigenvalue weighted by atomic mass is 10.2. The number of rotatable bonds is 8. The number of carbonyl (C=O) groups excluding carboxylic acids is 1. The Morgan fingerprint density at radius 3 is 2.81 bits per heavy atom. The smallest absolute Gasteiger partial charge is 0.260 e. The molecule has 0 saturated carbocycles. The molecule has 0 aliphatic rings. The fraction of sp³-hybridized carbons (Fsp3) is 0.429. The summed E-state index contributed by atoms with van der Waals surface area (Å²) in [7, 11) is 1.68. The predicted octanol–water partition coefficient (Wildman–Crippen LogP) is 0.655. The molecule has 0 bridgehead atoms. The number of oxime groups is 1. The fourth-order valence-electron chi connectivity index (χ4n) is 1.58. The standard InChI is InChI=1S/C14H21N3O4/c1-3-20-9-8-17(2)13(18)10-21-12-7-5-4-6-11(12)14(15)16-19/h4-7,19H,3,8-10H2,1-2H3,(H2,15,16). The molecule has 7 heteroatoms. The molecular weight excluding hydrogens is 274 g/mol. The summed E-state index contributed by atoms with van der Waals surface area (Å²) >= 11 is 0. The fourth-order valence-corrected chi connectivity index (χ4v) is 1.58. The normalized spacial score (nSPS) is 11.2. The number of ether oxygens (including phenoxy) is 2. The zero-order valence-electron chi connectivity index (χ0n) is 12.3. The molecule has 0 unspecified atom stereocenters. The summed E-state index contributed by atoms with van der Waals surface area (Å²) in [4.78, 5) is 13.4. The Hall–Kier alpha value is -2.28. The van der Waals surface area contributed by atoms with Gasteiger partial charge in [0.15, 0.2) is 12.4 Å². The Morgan fingerprint density at radius 2 is 2.14 bits per heavy atom. The van der Waals surface area contributed by atoms with Crippen LogP contribution in [0, 0.1) is 0 Å². The van der Waals surface area contributed by atoms with Crippen LogP contribution >= 0.6 is 0 Å². The van der Waals surface area contributed by atoms with Gasteiger partial charge in [0.25, 0.3) is 5.91 Å². The van der Waals surface area contributed by atoms with Gasteiger partial charge < -0.3 is 25.3 Å². The minimum atomic E-state index is -0.177. The van der Waals surface area contributed by atoms with E-state index in [2.05, 4.69) is 5.16 Å². The number of nitrogens with two attached hydrogens (primary N) is 1. The number of amidine groups is 1. The lowest BCUT2D eigenvalue weighted by Crippen LogP contribution is -2.34. The van der Waals surface area contributed by atoms with Crippen LogP contribution in [0.4, 0.5) is 0 Å². The summed E-state index contributed by atoms with van der Waals surface area (Å²) < 4.78 is 10.6. The van der Waals surface area contributed by atoms with Gasteiger partial charge in [-0.2, -0.15) is 0 Å². The molecule has 116 valence electrons. The highest BCUT2D eigenvalue weighted by Gasteiger charge is 2.12. The summed E-state index contributed by atoms with van der Waals surface area (Å²) in [5, 5.41) is 11.7. The zero-order valence-corrected chi connectivity index (χ0v) is 12.3. The molecule has 1 aromatic carbocycles. The maximum absolute atomic E-state index is 11.9. The van der Waals surface area contributed by atoms with Crippen LogP contribution < -0.4 is 10.5 Å². The first-order chi connectivity index (χ1) is 10.1. The van der Waals surface area contributed by atoms with Crippen molar-refractivity contribution in [3.05, 3.63) is 29.8 Å². The zero-order chi connectivity index (χ0) is 15.7. The molecule has 0 aliphatic carbocycles. The van der Waals surface area contributed by atoms with Crippen LogP contribution in [0.1, 0.15) is 12.5 Å². The molecule has 0 radical (unpaired) electrons. The number of benzene rings is 1. The first-order valence-corrected chi connectivity index (χ1v) is 6.61. The molecule has 0 aliphatic heterocycles. The highest BCUT2D eigenvalue weighted by Crippen LogP contribution is 2.17. The lowest BCUT2D eigenvalue weighted by molar-refractivity contribution is -0.132. The van der Waals surface area contributed by atoms with E-state index in [1.165, 1.54) is 4.90 Å². The van der Waals surface area contributed by atoms with Crippen molar-refractivity contribution in [3.8, 4) is 5.75 Å². The molecule has 0 aromatic heterocycles. The van der Waals surface area contributed by atoms with Crippen molar-refractivity contribution >= 4 is 11.7 Å². The van der Waals surface area contributed by atoms with E-state index in [9.17, 15) is 4.79 Å². The maximum Gasteiger partial charge on any atom is 0.260 e. The Labute approximate surface area is 123 Å². The number of likely N-dealkylation sites (N-methyl/N-ethyl adjacent to an activating group) is 1. The van der Waals surface area contributed by atoms with Crippen molar-refractivity contribution in [2.75, 3.05) is 33.4 Å². The number of carbonyl (C=O) groups is 1. The van der Waals surface area contributed by atoms with Crippen LogP contribution in [-0.4, -0.2) is 55.3 Å². The molecule has 7 nitrogen and oxygen atoms in total. The largest absolute Gasteiger partial charge is 0.483 e. The third-order valence-corrected chi connectivity index (χ3v) is 2.82. The van der Waals surface area contributed by atoms with Gasteiger partial charge in [-0.1, -0.05) is 17.3 Å². The van der Waals surface area contributed by atoms with Gasteiger partial charge in [-0.25, -0.2) is 0 Å². The van der Waals surface area contributed by atoms with Gasteiger partial charge in [0, 0.05) is 20.2 Å². The predicted molar refractivity (Wildman–Crippen MR) is 78.6 cm³/mol. The van der Waals surface area contributed by atoms with E-state index < -0.39 is 0 Å². The van der Waals surface area contributed by atoms with Gasteiger partial charge >= 0.3 is 0 Å². The number of amides is 1. The Kier molecular flexibility index (Phi) is 7.03. The topological polar surface area (TPSA) is 97.4 Å². The van der Waals surface area contributed by atoms with Crippen LogP contribution in [0.2, 0.25) is 0 Å². The van der Waals surface area contributed by atoms with Crippen molar-refractivity contribution in [2.24, 2.45) is 10.9 Å². The molecule has 0 heterocycles. The molecule has 3 N–H and O–H groups in total. The van der Waals surface area contributed by atoms with E-state index >= 15 is 0 Å². The highest BCUT2D eigenvalue weighted by molar-refractivity contribution is 5.99. The van der Waals surface area contributed by atoms with Crippen molar-refractivity contribution in [1.82, 2.24) is 4.90 Å². The second-order valence-corrected chi connectivity index (χ2v) is 4.28. The van der Waals surface area contributed by atoms with Gasteiger partial charge in [0.2, 0.25) is 0 Å². The molecule has 1 rings (SSSR count). The summed E-state index contributed by atoms with van der Waals surface area (Å²) in [5.41, 5.74) is 5.99. The van der Waals surface area contributed by atoms with E-state index in [1.807, 2.05) is 6.92 Å². The van der Waals surface area contributed by atoms with Gasteiger partial charge in [-0.15, -0.1) is 0 Å². The summed E-state index contributed by atoms with van der Waals surface area (Å²) in [6, 6.07) is 6.78. The van der Waals surface area contributed by atoms with Crippen LogP contribution in [-0.2, 0) is 9.53 Å². The minimum Gasteiger partial charge on any atom is -0.483 e. The average Bonchev–Trinajstić information content (AvgIpc) is 2.52. The van der Waals surface area contributed by atoms with Gasteiger partial charge in [-0.05, 0) is 19.1 Å². The Balaban J connectivity index is 2.57. The molecule has 0 saturated heterocycles. The van der Waals surface area contributed by atoms with Crippen molar-refractivity contribution in [2.45, 2.75) is 6.92 Å². The SMILES string of the molecule is CCOCCN(C)C(=O)COc1ccccc1/C(N)=N/O. The summed E-state index contributed by atoms with van der Waals surface area (Å²) in [6.07, 6.45) is 0. The molecule has 1 aromatic rings. The quantitative estimate of drug-likeness (QED) is 0.241. The molecule has 21 heavy (non-hydrogen) atoms. The highest BCUT2D eigenvalue weighted by atomic mass is 16.5. The maximum atomic E-state index is 11.9. The van der Waals surface area contributed by atoms with E-state index in [0.717, 1.165) is 0 Å². The van der Waals surface area contributed by atoms with Gasteiger partial charge in [0.1, 0.15) is 5.75 Å². The van der Waals surface area contributed by atoms with E-state index in [0.29, 0.717) is 31.1 Å². The third-order valence-electron chi connectivity index (χ3n) is 2.82. The third kappa shape index (κ3) is 5.31. The molecule has 0 atom stereocenters. The van der Waals surface area contributed by atoms with E-state index in [-0.39, 0.29) is 18.3 Å². The monoisotopic (exact) mass is 295 g/mol. The Bertz CT molecular complexity index is 491. The molecule has 0 fully saturated rings. The number of hydrogen-bond donors (Lipinski definition) is 2. The van der Waals surface area contributed by atoms with Crippen molar-refractivity contribution < 1.29 is 19.5 Å². The second kappa shape index (κ2) is 8.80. The first kappa shape index (κ1) is 16.8. The molecule has 0 spiro atoms. The van der Waals surface area contributed by atoms with Crippen LogP contribution in [0.5, 0.6) is 5.75 Å².